The van der Waals surface area contributed by atoms with Gasteiger partial charge in [0.1, 0.15) is 5.75 Å². The molecule has 0 aromatic heterocycles. The van der Waals surface area contributed by atoms with E-state index in [-0.39, 0.29) is 0 Å². The van der Waals surface area contributed by atoms with Crippen LogP contribution in [0.5, 0.6) is 5.75 Å². The average Bonchev–Trinajstić information content (AvgIpc) is 2.48. The molecule has 1 aromatic rings. The molecule has 0 radical (unpaired) electrons. The van der Waals surface area contributed by atoms with Crippen molar-refractivity contribution in [3.8, 4) is 5.75 Å². The second-order valence-electron chi connectivity index (χ2n) is 6.81. The molecule has 0 heterocycles. The highest BCUT2D eigenvalue weighted by molar-refractivity contribution is 5.29. The predicted octanol–water partition coefficient (Wildman–Crippen LogP) is 4.03. The van der Waals surface area contributed by atoms with Gasteiger partial charge in [-0.05, 0) is 73.6 Å². The van der Waals surface area contributed by atoms with Gasteiger partial charge in [0.05, 0.1) is 7.11 Å². The van der Waals surface area contributed by atoms with E-state index < -0.39 is 0 Å². The molecule has 2 N–H and O–H groups in total. The fourth-order valence-electron chi connectivity index (χ4n) is 3.59. The van der Waals surface area contributed by atoms with Crippen molar-refractivity contribution < 1.29 is 4.74 Å². The summed E-state index contributed by atoms with van der Waals surface area (Å²) in [4.78, 5) is 0. The third-order valence-corrected chi connectivity index (χ3v) is 5.18. The first-order chi connectivity index (χ1) is 9.58. The van der Waals surface area contributed by atoms with Crippen molar-refractivity contribution in [2.45, 2.75) is 46.0 Å². The summed E-state index contributed by atoms with van der Waals surface area (Å²) in [5.74, 6) is 2.65. The Labute approximate surface area is 123 Å². The molecule has 1 aliphatic carbocycles. The Morgan fingerprint density at radius 3 is 2.55 bits per heavy atom. The molecule has 0 atom stereocenters. The molecule has 0 spiro atoms. The Kier molecular flexibility index (Phi) is 5.09. The predicted molar refractivity (Wildman–Crippen MR) is 85.0 cm³/mol. The van der Waals surface area contributed by atoms with Crippen molar-refractivity contribution in [2.24, 2.45) is 23.0 Å². The number of rotatable bonds is 5. The monoisotopic (exact) mass is 275 g/mol. The molecule has 2 nitrogen and oxygen atoms in total. The second-order valence-corrected chi connectivity index (χ2v) is 6.81. The topological polar surface area (TPSA) is 35.2 Å². The van der Waals surface area contributed by atoms with Gasteiger partial charge in [-0.3, -0.25) is 0 Å². The van der Waals surface area contributed by atoms with Crippen LogP contribution in [0, 0.1) is 17.3 Å². The summed E-state index contributed by atoms with van der Waals surface area (Å²) in [5.41, 5.74) is 7.81. The SMILES string of the molecule is COc1cccc(CC2(CN)CCC(C(C)C)CC2)c1. The van der Waals surface area contributed by atoms with Gasteiger partial charge in [0.2, 0.25) is 0 Å². The van der Waals surface area contributed by atoms with Gasteiger partial charge in [0.15, 0.2) is 0 Å². The van der Waals surface area contributed by atoms with Gasteiger partial charge >= 0.3 is 0 Å². The highest BCUT2D eigenvalue weighted by Gasteiger charge is 2.35. The molecule has 0 aliphatic heterocycles. The lowest BCUT2D eigenvalue weighted by Gasteiger charge is -2.41. The average molecular weight is 275 g/mol. The van der Waals surface area contributed by atoms with Crippen LogP contribution in [0.25, 0.3) is 0 Å². The summed E-state index contributed by atoms with van der Waals surface area (Å²) in [7, 11) is 1.73. The zero-order valence-electron chi connectivity index (χ0n) is 13.2. The van der Waals surface area contributed by atoms with E-state index in [1.54, 1.807) is 7.11 Å². The Bertz CT molecular complexity index is 419. The molecule has 0 unspecified atom stereocenters. The molecule has 1 aromatic carbocycles. The largest absolute Gasteiger partial charge is 0.497 e. The summed E-state index contributed by atoms with van der Waals surface area (Å²) in [6, 6.07) is 8.45. The maximum Gasteiger partial charge on any atom is 0.119 e. The van der Waals surface area contributed by atoms with E-state index in [4.69, 9.17) is 10.5 Å². The zero-order chi connectivity index (χ0) is 14.6. The quantitative estimate of drug-likeness (QED) is 0.880. The Morgan fingerprint density at radius 1 is 1.30 bits per heavy atom. The number of methoxy groups -OCH3 is 1. The Hall–Kier alpha value is -1.02. The minimum Gasteiger partial charge on any atom is -0.497 e. The van der Waals surface area contributed by atoms with Gasteiger partial charge in [-0.15, -0.1) is 0 Å². The van der Waals surface area contributed by atoms with Gasteiger partial charge < -0.3 is 10.5 Å². The molecule has 1 fully saturated rings. The molecule has 0 amide bonds. The molecule has 112 valence electrons. The maximum atomic E-state index is 6.15. The van der Waals surface area contributed by atoms with Crippen LogP contribution in [0.1, 0.15) is 45.1 Å². The lowest BCUT2D eigenvalue weighted by Crippen LogP contribution is -2.37. The van der Waals surface area contributed by atoms with Gasteiger partial charge in [-0.1, -0.05) is 26.0 Å². The van der Waals surface area contributed by atoms with Crippen LogP contribution in [0.3, 0.4) is 0 Å². The van der Waals surface area contributed by atoms with Gasteiger partial charge in [-0.2, -0.15) is 0 Å². The second kappa shape index (κ2) is 6.62. The van der Waals surface area contributed by atoms with Crippen molar-refractivity contribution in [1.29, 1.82) is 0 Å². The highest BCUT2D eigenvalue weighted by Crippen LogP contribution is 2.43. The number of ether oxygens (including phenoxy) is 1. The van der Waals surface area contributed by atoms with E-state index in [0.29, 0.717) is 5.41 Å². The van der Waals surface area contributed by atoms with Crippen molar-refractivity contribution in [2.75, 3.05) is 13.7 Å². The van der Waals surface area contributed by atoms with E-state index in [1.165, 1.54) is 31.2 Å². The molecule has 0 saturated heterocycles. The summed E-state index contributed by atoms with van der Waals surface area (Å²) >= 11 is 0. The maximum absolute atomic E-state index is 6.15. The summed E-state index contributed by atoms with van der Waals surface area (Å²) < 4.78 is 5.33. The molecule has 0 bridgehead atoms. The number of benzene rings is 1. The summed E-state index contributed by atoms with van der Waals surface area (Å²) in [5, 5.41) is 0. The van der Waals surface area contributed by atoms with Crippen molar-refractivity contribution in [3.63, 3.8) is 0 Å². The molecular formula is C18H29NO. The first kappa shape index (κ1) is 15.4. The van der Waals surface area contributed by atoms with Crippen LogP contribution < -0.4 is 10.5 Å². The minimum atomic E-state index is 0.303. The van der Waals surface area contributed by atoms with Gasteiger partial charge in [-0.25, -0.2) is 0 Å². The van der Waals surface area contributed by atoms with Crippen LogP contribution in [0.15, 0.2) is 24.3 Å². The lowest BCUT2D eigenvalue weighted by molar-refractivity contribution is 0.132. The number of hydrogen-bond donors (Lipinski definition) is 1. The number of nitrogens with two attached hydrogens (primary N) is 1. The van der Waals surface area contributed by atoms with E-state index in [1.807, 2.05) is 6.07 Å². The third kappa shape index (κ3) is 3.54. The normalized spacial score (nSPS) is 26.8. The highest BCUT2D eigenvalue weighted by atomic mass is 16.5. The number of hydrogen-bond acceptors (Lipinski definition) is 2. The first-order valence-corrected chi connectivity index (χ1v) is 7.91. The Balaban J connectivity index is 2.05. The lowest BCUT2D eigenvalue weighted by atomic mass is 9.65. The summed E-state index contributed by atoms with van der Waals surface area (Å²) in [6.45, 7) is 5.50. The van der Waals surface area contributed by atoms with Crippen molar-refractivity contribution in [3.05, 3.63) is 29.8 Å². The van der Waals surface area contributed by atoms with Crippen LogP contribution in [-0.2, 0) is 6.42 Å². The molecular weight excluding hydrogens is 246 g/mol. The molecule has 20 heavy (non-hydrogen) atoms. The van der Waals surface area contributed by atoms with Crippen LogP contribution in [-0.4, -0.2) is 13.7 Å². The fourth-order valence-corrected chi connectivity index (χ4v) is 3.59. The smallest absolute Gasteiger partial charge is 0.119 e. The third-order valence-electron chi connectivity index (χ3n) is 5.18. The van der Waals surface area contributed by atoms with E-state index in [2.05, 4.69) is 32.0 Å². The fraction of sp³-hybridized carbons (Fsp3) is 0.667. The molecule has 1 aliphatic rings. The van der Waals surface area contributed by atoms with Crippen molar-refractivity contribution >= 4 is 0 Å². The van der Waals surface area contributed by atoms with E-state index in [9.17, 15) is 0 Å². The minimum absolute atomic E-state index is 0.303. The first-order valence-electron chi connectivity index (χ1n) is 7.91. The van der Waals surface area contributed by atoms with Gasteiger partial charge in [0.25, 0.3) is 0 Å². The standard InChI is InChI=1S/C18H29NO/c1-14(2)16-7-9-18(13-19,10-8-16)12-15-5-4-6-17(11-15)20-3/h4-6,11,14,16H,7-10,12-13,19H2,1-3H3. The van der Waals surface area contributed by atoms with E-state index >= 15 is 0 Å². The van der Waals surface area contributed by atoms with Crippen molar-refractivity contribution in [1.82, 2.24) is 0 Å². The van der Waals surface area contributed by atoms with Crippen LogP contribution >= 0.6 is 0 Å². The van der Waals surface area contributed by atoms with Gasteiger partial charge in [0, 0.05) is 0 Å². The summed E-state index contributed by atoms with van der Waals surface area (Å²) in [6.07, 6.45) is 6.29. The zero-order valence-corrected chi connectivity index (χ0v) is 13.2. The van der Waals surface area contributed by atoms with Crippen LogP contribution in [0.4, 0.5) is 0 Å². The Morgan fingerprint density at radius 2 is 2.00 bits per heavy atom. The van der Waals surface area contributed by atoms with E-state index in [0.717, 1.165) is 30.6 Å². The molecule has 2 rings (SSSR count). The molecule has 1 saturated carbocycles. The molecule has 2 heteroatoms. The van der Waals surface area contributed by atoms with Crippen LogP contribution in [0.2, 0.25) is 0 Å².